The molecule has 0 saturated heterocycles. The van der Waals surface area contributed by atoms with Crippen molar-refractivity contribution >= 4 is 39.5 Å². The van der Waals surface area contributed by atoms with E-state index in [1.54, 1.807) is 0 Å². The largest absolute Gasteiger partial charge is 0.472 e. The van der Waals surface area contributed by atoms with Crippen molar-refractivity contribution in [3.8, 4) is 0 Å². The summed E-state index contributed by atoms with van der Waals surface area (Å²) in [6.45, 7) is 9.38. The van der Waals surface area contributed by atoms with E-state index in [1.807, 2.05) is 0 Å². The maximum Gasteiger partial charge on any atom is 0.472 e. The van der Waals surface area contributed by atoms with Crippen LogP contribution in [0.25, 0.3) is 0 Å². The van der Waals surface area contributed by atoms with Crippen molar-refractivity contribution in [1.82, 2.24) is 0 Å². The van der Waals surface area contributed by atoms with E-state index in [4.69, 9.17) is 37.0 Å². The summed E-state index contributed by atoms with van der Waals surface area (Å²) in [6, 6.07) is 0. The Morgan fingerprint density at radius 3 is 1.03 bits per heavy atom. The van der Waals surface area contributed by atoms with E-state index >= 15 is 0 Å². The fourth-order valence-electron chi connectivity index (χ4n) is 9.67. The fraction of sp³-hybridized carbons (Fsp3) is 0.882. The van der Waals surface area contributed by atoms with E-state index in [0.29, 0.717) is 25.7 Å². The van der Waals surface area contributed by atoms with Gasteiger partial charge in [-0.3, -0.25) is 37.3 Å². The average molecular weight is 1280 g/mol. The van der Waals surface area contributed by atoms with Crippen molar-refractivity contribution in [2.24, 2.45) is 11.8 Å². The van der Waals surface area contributed by atoms with Crippen molar-refractivity contribution < 1.29 is 80.2 Å². The monoisotopic (exact) mass is 1280 g/mol. The van der Waals surface area contributed by atoms with Crippen LogP contribution in [-0.4, -0.2) is 96.7 Å². The van der Waals surface area contributed by atoms with Gasteiger partial charge in [-0.25, -0.2) is 9.13 Å². The molecular weight excluding hydrogens is 1150 g/mol. The number of hydrogen-bond acceptors (Lipinski definition) is 15. The molecule has 0 radical (unpaired) electrons. The average Bonchev–Trinajstić information content (AvgIpc) is 3.71. The van der Waals surface area contributed by atoms with Crippen LogP contribution >= 0.6 is 15.6 Å². The maximum absolute atomic E-state index is 13.0. The molecule has 3 N–H and O–H groups in total. The van der Waals surface area contributed by atoms with Gasteiger partial charge in [0.15, 0.2) is 12.2 Å². The first kappa shape index (κ1) is 84.5. The molecule has 0 aromatic rings. The highest BCUT2D eigenvalue weighted by molar-refractivity contribution is 7.47. The standard InChI is InChI=1S/C68H128O17P2/c1-7-10-12-14-16-18-20-21-22-23-24-28-33-40-46-52-67(72)84-63(56-78-66(71)51-45-39-32-29-25-26-30-36-42-48-60(4)5)58-82-86(74,75)80-54-62(69)55-81-87(76,77)83-59-64(85-68(73)53-47-41-35-34-37-43-49-61(6)9-3)57-79-65(70)50-44-38-31-27-19-17-15-13-11-8-2/h18,20-22,60-64,69H,7-17,19,23-59H2,1-6H3,(H,74,75)(H,76,77)/b20-18-,22-21-/t61?,62-,63-,64-/m1/s1. The molecule has 512 valence electrons. The van der Waals surface area contributed by atoms with E-state index in [1.165, 1.54) is 122 Å². The molecule has 0 heterocycles. The Kier molecular flexibility index (Phi) is 58.1. The van der Waals surface area contributed by atoms with Crippen LogP contribution in [0.2, 0.25) is 0 Å². The van der Waals surface area contributed by atoms with Gasteiger partial charge < -0.3 is 33.8 Å². The summed E-state index contributed by atoms with van der Waals surface area (Å²) in [6.07, 6.45) is 46.6. The van der Waals surface area contributed by atoms with Crippen molar-refractivity contribution in [3.63, 3.8) is 0 Å². The normalized spacial score (nSPS) is 14.7. The van der Waals surface area contributed by atoms with Crippen LogP contribution in [0.4, 0.5) is 0 Å². The zero-order chi connectivity index (χ0) is 64.3. The molecule has 0 spiro atoms. The number of unbranched alkanes of at least 4 members (excludes halogenated alkanes) is 31. The second kappa shape index (κ2) is 59.8. The van der Waals surface area contributed by atoms with Crippen molar-refractivity contribution in [2.45, 2.75) is 336 Å². The number of aliphatic hydroxyl groups excluding tert-OH is 1. The molecule has 0 aliphatic carbocycles. The Morgan fingerprint density at radius 1 is 0.379 bits per heavy atom. The van der Waals surface area contributed by atoms with Crippen LogP contribution < -0.4 is 0 Å². The van der Waals surface area contributed by atoms with Gasteiger partial charge in [-0.05, 0) is 63.2 Å². The van der Waals surface area contributed by atoms with E-state index in [9.17, 15) is 43.2 Å². The van der Waals surface area contributed by atoms with Gasteiger partial charge >= 0.3 is 39.5 Å². The van der Waals surface area contributed by atoms with E-state index < -0.39 is 97.5 Å². The summed E-state index contributed by atoms with van der Waals surface area (Å²) in [5.74, 6) is -0.702. The molecule has 0 aromatic heterocycles. The number of rotatable bonds is 65. The highest BCUT2D eigenvalue weighted by atomic mass is 31.2. The minimum atomic E-state index is -4.96. The van der Waals surface area contributed by atoms with Crippen LogP contribution in [0.15, 0.2) is 24.3 Å². The molecule has 0 aliphatic rings. The maximum atomic E-state index is 13.0. The minimum Gasteiger partial charge on any atom is -0.462 e. The third-order valence-electron chi connectivity index (χ3n) is 15.4. The van der Waals surface area contributed by atoms with Crippen LogP contribution in [0.1, 0.15) is 318 Å². The number of hydrogen-bond donors (Lipinski definition) is 3. The van der Waals surface area contributed by atoms with Gasteiger partial charge in [0.05, 0.1) is 26.4 Å². The van der Waals surface area contributed by atoms with E-state index in [0.717, 1.165) is 115 Å². The van der Waals surface area contributed by atoms with Gasteiger partial charge in [0.2, 0.25) is 0 Å². The number of allylic oxidation sites excluding steroid dienone is 4. The highest BCUT2D eigenvalue weighted by Crippen LogP contribution is 2.45. The zero-order valence-electron chi connectivity index (χ0n) is 55.8. The van der Waals surface area contributed by atoms with Gasteiger partial charge in [-0.1, -0.05) is 265 Å². The zero-order valence-corrected chi connectivity index (χ0v) is 57.6. The van der Waals surface area contributed by atoms with Crippen LogP contribution in [0.5, 0.6) is 0 Å². The Bertz CT molecular complexity index is 1800. The number of carbonyl (C=O) groups excluding carboxylic acids is 4. The Balaban J connectivity index is 5.29. The molecule has 6 atom stereocenters. The first-order valence-corrected chi connectivity index (χ1v) is 37.8. The summed E-state index contributed by atoms with van der Waals surface area (Å²) in [7, 11) is -9.91. The van der Waals surface area contributed by atoms with Gasteiger partial charge in [0, 0.05) is 25.7 Å². The number of aliphatic hydroxyl groups is 1. The minimum absolute atomic E-state index is 0.0843. The third kappa shape index (κ3) is 60.9. The fourth-order valence-corrected chi connectivity index (χ4v) is 11.2. The molecule has 19 heteroatoms. The van der Waals surface area contributed by atoms with Gasteiger partial charge in [0.1, 0.15) is 19.3 Å². The molecular formula is C68H128O17P2. The van der Waals surface area contributed by atoms with Gasteiger partial charge in [-0.15, -0.1) is 0 Å². The summed E-state index contributed by atoms with van der Waals surface area (Å²) in [5, 5.41) is 10.6. The summed E-state index contributed by atoms with van der Waals surface area (Å²) in [5.41, 5.74) is 0. The molecule has 0 rings (SSSR count). The Hall–Kier alpha value is -2.46. The molecule has 0 saturated carbocycles. The molecule has 0 aliphatic heterocycles. The van der Waals surface area contributed by atoms with Gasteiger partial charge in [-0.2, -0.15) is 0 Å². The SMILES string of the molecule is CCCCCC/C=C\C=C/CCCCCCCC(=O)O[C@H](COC(=O)CCCCCCCCCCCC(C)C)COP(=O)(O)OC[C@@H](O)COP(=O)(O)OC[C@@H](COC(=O)CCCCCCCCCCCC)OC(=O)CCCCCCCCC(C)CC. The molecule has 0 fully saturated rings. The number of carbonyl (C=O) groups is 4. The molecule has 0 aromatic carbocycles. The second-order valence-electron chi connectivity index (χ2n) is 24.6. The van der Waals surface area contributed by atoms with Crippen molar-refractivity contribution in [1.29, 1.82) is 0 Å². The molecule has 0 amide bonds. The molecule has 17 nitrogen and oxygen atoms in total. The van der Waals surface area contributed by atoms with Crippen LogP contribution in [0.3, 0.4) is 0 Å². The molecule has 87 heavy (non-hydrogen) atoms. The number of esters is 4. The quantitative estimate of drug-likeness (QED) is 0.0169. The predicted octanol–water partition coefficient (Wildman–Crippen LogP) is 18.8. The first-order chi connectivity index (χ1) is 41.9. The highest BCUT2D eigenvalue weighted by Gasteiger charge is 2.30. The summed E-state index contributed by atoms with van der Waals surface area (Å²) < 4.78 is 68.1. The topological polar surface area (TPSA) is 237 Å². The van der Waals surface area contributed by atoms with Crippen LogP contribution in [-0.2, 0) is 65.4 Å². The summed E-state index contributed by atoms with van der Waals surface area (Å²) in [4.78, 5) is 72.4. The summed E-state index contributed by atoms with van der Waals surface area (Å²) >= 11 is 0. The smallest absolute Gasteiger partial charge is 0.462 e. The number of phosphoric ester groups is 2. The predicted molar refractivity (Wildman–Crippen MR) is 349 cm³/mol. The van der Waals surface area contributed by atoms with Crippen LogP contribution in [0, 0.1) is 11.8 Å². The lowest BCUT2D eigenvalue weighted by molar-refractivity contribution is -0.161. The Labute approximate surface area is 529 Å². The van der Waals surface area contributed by atoms with Crippen molar-refractivity contribution in [2.75, 3.05) is 39.6 Å². The first-order valence-electron chi connectivity index (χ1n) is 34.8. The lowest BCUT2D eigenvalue weighted by atomic mass is 10.00. The lowest BCUT2D eigenvalue weighted by Gasteiger charge is -2.21. The number of phosphoric acid groups is 2. The lowest BCUT2D eigenvalue weighted by Crippen LogP contribution is -2.30. The third-order valence-corrected chi connectivity index (χ3v) is 17.3. The van der Waals surface area contributed by atoms with Gasteiger partial charge in [0.25, 0.3) is 0 Å². The van der Waals surface area contributed by atoms with E-state index in [2.05, 4.69) is 65.8 Å². The van der Waals surface area contributed by atoms with E-state index in [-0.39, 0.29) is 25.7 Å². The second-order valence-corrected chi connectivity index (χ2v) is 27.5. The molecule has 3 unspecified atom stereocenters. The molecule has 0 bridgehead atoms. The van der Waals surface area contributed by atoms with Crippen molar-refractivity contribution in [3.05, 3.63) is 24.3 Å². The number of ether oxygens (including phenoxy) is 4. The Morgan fingerprint density at radius 2 is 0.678 bits per heavy atom.